The maximum Gasteiger partial charge on any atom is 0 e. The zero-order valence-corrected chi connectivity index (χ0v) is 13.3. The van der Waals surface area contributed by atoms with Crippen LogP contribution >= 0.6 is 24.8 Å². The van der Waals surface area contributed by atoms with Crippen LogP contribution in [0, 0.1) is 13.0 Å². The van der Waals surface area contributed by atoms with Gasteiger partial charge in [-0.15, -0.1) is 31.2 Å². The second-order valence-electron chi connectivity index (χ2n) is 2.21. The van der Waals surface area contributed by atoms with Gasteiger partial charge < -0.3 is 6.92 Å². The van der Waals surface area contributed by atoms with Crippen LogP contribution < -0.4 is 0 Å². The van der Waals surface area contributed by atoms with Gasteiger partial charge in [-0.1, -0.05) is 19.8 Å². The van der Waals surface area contributed by atoms with Crippen molar-refractivity contribution in [2.75, 3.05) is 0 Å². The molecule has 0 amide bonds. The first-order chi connectivity index (χ1) is 4.91. The molecule has 0 atom stereocenters. The summed E-state index contributed by atoms with van der Waals surface area (Å²) in [5.74, 6) is 0. The molecule has 0 fully saturated rings. The van der Waals surface area contributed by atoms with E-state index in [-0.39, 0.29) is 50.7 Å². The van der Waals surface area contributed by atoms with E-state index in [0.29, 0.717) is 0 Å². The molecule has 1 aliphatic rings. The van der Waals surface area contributed by atoms with E-state index in [0.717, 1.165) is 12.8 Å². The van der Waals surface area contributed by atoms with Gasteiger partial charge in [0.1, 0.15) is 0 Å². The van der Waals surface area contributed by atoms with Gasteiger partial charge in [0.05, 0.1) is 0 Å². The third-order valence-electron chi connectivity index (χ3n) is 1.19. The van der Waals surface area contributed by atoms with Gasteiger partial charge in [-0.05, 0) is 0 Å². The number of hydrogen-bond donors (Lipinski definition) is 0. The van der Waals surface area contributed by atoms with Crippen LogP contribution in [0.25, 0.3) is 0 Å². The van der Waals surface area contributed by atoms with Gasteiger partial charge in [0, 0.05) is 25.8 Å². The zero-order valence-electron chi connectivity index (χ0n) is 8.08. The normalized spacial score (nSPS) is 10.0. The fraction of sp³-hybridized carbons (Fsp3) is 0.500. The monoisotopic (exact) mass is 388 g/mol. The molecular formula is C10H18Cl2Hf-2. The number of allylic oxidation sites excluding steroid dienone is 4. The van der Waals surface area contributed by atoms with Crippen molar-refractivity contribution in [3.05, 3.63) is 31.2 Å². The average molecular weight is 388 g/mol. The number of rotatable bonds is 2. The van der Waals surface area contributed by atoms with Crippen LogP contribution in [0.2, 0.25) is 0 Å². The SMILES string of the molecule is Cl.Cl.[C-]1=CC=CC1.[CH2-]CCCC.[Hf]. The second kappa shape index (κ2) is 23.1. The number of unbranched alkanes of at least 4 members (excludes halogenated alkanes) is 2. The van der Waals surface area contributed by atoms with Crippen molar-refractivity contribution < 1.29 is 25.8 Å². The minimum absolute atomic E-state index is 0. The summed E-state index contributed by atoms with van der Waals surface area (Å²) < 4.78 is 0. The van der Waals surface area contributed by atoms with Crippen molar-refractivity contribution in [3.63, 3.8) is 0 Å². The van der Waals surface area contributed by atoms with E-state index in [4.69, 9.17) is 0 Å². The molecule has 3 heteroatoms. The Labute approximate surface area is 114 Å². The molecule has 0 heterocycles. The average Bonchev–Trinajstić information content (AvgIpc) is 2.44. The molecule has 1 aliphatic carbocycles. The van der Waals surface area contributed by atoms with Crippen molar-refractivity contribution >= 4 is 24.8 Å². The van der Waals surface area contributed by atoms with Gasteiger partial charge in [-0.25, -0.2) is 12.2 Å². The molecule has 13 heavy (non-hydrogen) atoms. The summed E-state index contributed by atoms with van der Waals surface area (Å²) in [6, 6.07) is 0. The summed E-state index contributed by atoms with van der Waals surface area (Å²) >= 11 is 0. The summed E-state index contributed by atoms with van der Waals surface area (Å²) in [5.41, 5.74) is 0. The Bertz CT molecular complexity index is 99.5. The first-order valence-corrected chi connectivity index (χ1v) is 3.92. The van der Waals surface area contributed by atoms with Crippen LogP contribution in [0.4, 0.5) is 0 Å². The summed E-state index contributed by atoms with van der Waals surface area (Å²) in [4.78, 5) is 0. The van der Waals surface area contributed by atoms with Crippen molar-refractivity contribution in [1.29, 1.82) is 0 Å². The molecular weight excluding hydrogens is 370 g/mol. The largest absolute Gasteiger partial charge is 0.343 e. The Hall–Kier alpha value is 0.930. The Kier molecular flexibility index (Phi) is 41.9. The van der Waals surface area contributed by atoms with Gasteiger partial charge in [0.25, 0.3) is 0 Å². The molecule has 0 aromatic carbocycles. The third kappa shape index (κ3) is 24.6. The van der Waals surface area contributed by atoms with Crippen LogP contribution in [0.15, 0.2) is 18.2 Å². The van der Waals surface area contributed by atoms with Crippen molar-refractivity contribution in [2.45, 2.75) is 32.6 Å². The quantitative estimate of drug-likeness (QED) is 0.493. The molecule has 0 saturated heterocycles. The van der Waals surface area contributed by atoms with Crippen LogP contribution in [-0.2, 0) is 25.8 Å². The van der Waals surface area contributed by atoms with Gasteiger partial charge in [-0.2, -0.15) is 12.5 Å². The molecule has 1 rings (SSSR count). The molecule has 0 radical (unpaired) electrons. The number of halogens is 2. The minimum atomic E-state index is 0. The van der Waals surface area contributed by atoms with Crippen molar-refractivity contribution in [3.8, 4) is 0 Å². The van der Waals surface area contributed by atoms with Crippen LogP contribution in [0.1, 0.15) is 32.6 Å². The second-order valence-corrected chi connectivity index (χ2v) is 2.21. The Morgan fingerprint density at radius 2 is 2.00 bits per heavy atom. The van der Waals surface area contributed by atoms with Crippen LogP contribution in [0.3, 0.4) is 0 Å². The molecule has 0 aromatic heterocycles. The fourth-order valence-electron chi connectivity index (χ4n) is 0.590. The molecule has 0 saturated carbocycles. The smallest absolute Gasteiger partial charge is 0 e. The zero-order chi connectivity index (χ0) is 7.66. The molecule has 0 spiro atoms. The molecule has 0 unspecified atom stereocenters. The van der Waals surface area contributed by atoms with Crippen molar-refractivity contribution in [2.24, 2.45) is 0 Å². The minimum Gasteiger partial charge on any atom is -0.343 e. The summed E-state index contributed by atoms with van der Waals surface area (Å²) in [5, 5.41) is 0. The maximum atomic E-state index is 3.68. The van der Waals surface area contributed by atoms with E-state index < -0.39 is 0 Å². The topological polar surface area (TPSA) is 0 Å². The number of hydrogen-bond acceptors (Lipinski definition) is 0. The van der Waals surface area contributed by atoms with E-state index in [9.17, 15) is 0 Å². The van der Waals surface area contributed by atoms with E-state index in [1.165, 1.54) is 12.8 Å². The third-order valence-corrected chi connectivity index (χ3v) is 1.19. The van der Waals surface area contributed by atoms with Gasteiger partial charge in [0.15, 0.2) is 0 Å². The van der Waals surface area contributed by atoms with Gasteiger partial charge in [-0.3, -0.25) is 6.08 Å². The molecule has 0 aromatic rings. The first kappa shape index (κ1) is 23.6. The van der Waals surface area contributed by atoms with E-state index in [2.05, 4.69) is 26.0 Å². The van der Waals surface area contributed by atoms with Crippen molar-refractivity contribution in [1.82, 2.24) is 0 Å². The molecule has 0 nitrogen and oxygen atoms in total. The van der Waals surface area contributed by atoms with Gasteiger partial charge in [0.2, 0.25) is 0 Å². The Morgan fingerprint density at radius 3 is 2.08 bits per heavy atom. The molecule has 0 aliphatic heterocycles. The molecule has 78 valence electrons. The van der Waals surface area contributed by atoms with Crippen LogP contribution in [-0.4, -0.2) is 0 Å². The predicted octanol–water partition coefficient (Wildman–Crippen LogP) is 4.16. The molecule has 0 N–H and O–H groups in total. The van der Waals surface area contributed by atoms with Crippen LogP contribution in [0.5, 0.6) is 0 Å². The fourth-order valence-corrected chi connectivity index (χ4v) is 0.590. The summed E-state index contributed by atoms with van der Waals surface area (Å²) in [6.45, 7) is 5.85. The standard InChI is InChI=1S/C5H5.C5H11.2ClH.Hf/c1-2-4-5-3-1;1-3-5-4-2;;;/h1-3H,4H2;1,3-5H2,2H3;2*1H;/q2*-1;;;. The maximum absolute atomic E-state index is 3.68. The van der Waals surface area contributed by atoms with E-state index in [1.807, 2.05) is 12.2 Å². The first-order valence-electron chi connectivity index (χ1n) is 3.92. The Morgan fingerprint density at radius 1 is 1.38 bits per heavy atom. The Balaban J connectivity index is -0.0000000506. The van der Waals surface area contributed by atoms with Gasteiger partial charge >= 0.3 is 0 Å². The van der Waals surface area contributed by atoms with E-state index in [1.54, 1.807) is 0 Å². The summed E-state index contributed by atoms with van der Waals surface area (Å²) in [7, 11) is 0. The van der Waals surface area contributed by atoms with E-state index >= 15 is 0 Å². The predicted molar refractivity (Wildman–Crippen MR) is 60.9 cm³/mol. The summed E-state index contributed by atoms with van der Waals surface area (Å²) in [6.07, 6.45) is 13.7. The molecule has 0 bridgehead atoms.